The Morgan fingerprint density at radius 1 is 0.552 bits per heavy atom. The molecule has 0 spiro atoms. The second kappa shape index (κ2) is 10.3. The zero-order valence-corrected chi connectivity index (χ0v) is 21.4. The van der Waals surface area contributed by atoms with Gasteiger partial charge >= 0.3 is 0 Å². The summed E-state index contributed by atoms with van der Waals surface area (Å²) in [7, 11) is -0.234. The van der Waals surface area contributed by atoms with E-state index in [0.29, 0.717) is 0 Å². The summed E-state index contributed by atoms with van der Waals surface area (Å²) in [4.78, 5) is 3.08. The molecule has 3 aromatic rings. The van der Waals surface area contributed by atoms with E-state index >= 15 is 0 Å². The van der Waals surface area contributed by atoms with Crippen molar-refractivity contribution in [3.63, 3.8) is 0 Å². The summed E-state index contributed by atoms with van der Waals surface area (Å²) in [5.74, 6) is 0. The predicted octanol–water partition coefficient (Wildman–Crippen LogP) is 7.99. The van der Waals surface area contributed by atoms with Crippen LogP contribution in [0.1, 0.15) is 38.8 Å². The molecule has 0 aliphatic heterocycles. The van der Waals surface area contributed by atoms with Crippen LogP contribution in [0.25, 0.3) is 20.9 Å². The maximum atomic E-state index is 2.39. The van der Waals surface area contributed by atoms with Gasteiger partial charge in [-0.1, -0.05) is 103 Å². The molecule has 0 amide bonds. The van der Waals surface area contributed by atoms with E-state index in [0.717, 1.165) is 0 Å². The van der Waals surface area contributed by atoms with Crippen molar-refractivity contribution in [3.05, 3.63) is 59.7 Å². The van der Waals surface area contributed by atoms with Gasteiger partial charge in [-0.15, -0.1) is 11.3 Å². The standard InChI is InChI=1S/C26H34P2S/c1-7-27(8-2)23-24(28(9-3)10-4)26(22-17-13-20(6)14-18-22)29-25(23)21-15-11-19(5)12-16-21/h11-18H,7-10H2,1-6H3. The summed E-state index contributed by atoms with van der Waals surface area (Å²) in [5, 5.41) is 3.45. The minimum atomic E-state index is -0.117. The van der Waals surface area contributed by atoms with E-state index in [1.165, 1.54) is 46.9 Å². The molecule has 1 aromatic heterocycles. The van der Waals surface area contributed by atoms with Gasteiger partial charge in [0.15, 0.2) is 0 Å². The van der Waals surface area contributed by atoms with E-state index in [2.05, 4.69) is 101 Å². The summed E-state index contributed by atoms with van der Waals surface area (Å²) in [6, 6.07) is 18.4. The van der Waals surface area contributed by atoms with Gasteiger partial charge in [0.2, 0.25) is 0 Å². The number of aryl methyl sites for hydroxylation is 2. The van der Waals surface area contributed by atoms with Gasteiger partial charge in [-0.25, -0.2) is 0 Å². The van der Waals surface area contributed by atoms with Crippen molar-refractivity contribution in [1.29, 1.82) is 0 Å². The quantitative estimate of drug-likeness (QED) is 0.311. The second-order valence-electron chi connectivity index (χ2n) is 7.53. The van der Waals surface area contributed by atoms with Crippen LogP contribution in [-0.4, -0.2) is 24.6 Å². The molecule has 0 nitrogen and oxygen atoms in total. The van der Waals surface area contributed by atoms with Gasteiger partial charge in [0.25, 0.3) is 0 Å². The van der Waals surface area contributed by atoms with Crippen LogP contribution < -0.4 is 10.6 Å². The van der Waals surface area contributed by atoms with E-state index in [4.69, 9.17) is 0 Å². The first-order valence-electron chi connectivity index (χ1n) is 10.8. The lowest BCUT2D eigenvalue weighted by atomic mass is 10.1. The zero-order valence-electron chi connectivity index (χ0n) is 18.7. The third-order valence-corrected chi connectivity index (χ3v) is 12.6. The van der Waals surface area contributed by atoms with Crippen LogP contribution in [0.2, 0.25) is 0 Å². The van der Waals surface area contributed by atoms with Gasteiger partial charge in [-0.3, -0.25) is 0 Å². The van der Waals surface area contributed by atoms with E-state index in [9.17, 15) is 0 Å². The Hall–Kier alpha value is -1.000. The van der Waals surface area contributed by atoms with Gasteiger partial charge < -0.3 is 0 Å². The lowest BCUT2D eigenvalue weighted by molar-refractivity contribution is 1.42. The number of hydrogen-bond donors (Lipinski definition) is 0. The highest BCUT2D eigenvalue weighted by atomic mass is 32.1. The lowest BCUT2D eigenvalue weighted by Crippen LogP contribution is -2.24. The molecule has 0 saturated heterocycles. The molecule has 0 atom stereocenters. The Kier molecular flexibility index (Phi) is 8.09. The Morgan fingerprint density at radius 2 is 0.862 bits per heavy atom. The van der Waals surface area contributed by atoms with Crippen LogP contribution >= 0.6 is 27.2 Å². The molecule has 0 N–H and O–H groups in total. The lowest BCUT2D eigenvalue weighted by Gasteiger charge is -2.23. The third-order valence-electron chi connectivity index (χ3n) is 5.65. The highest BCUT2D eigenvalue weighted by Gasteiger charge is 2.28. The van der Waals surface area contributed by atoms with Gasteiger partial charge in [-0.05, 0) is 49.6 Å². The van der Waals surface area contributed by atoms with Crippen LogP contribution in [0.5, 0.6) is 0 Å². The zero-order chi connectivity index (χ0) is 21.0. The molecule has 0 aliphatic carbocycles. The first kappa shape index (κ1) is 22.7. The summed E-state index contributed by atoms with van der Waals surface area (Å²) < 4.78 is 0. The smallest absolute Gasteiger partial charge is 0.0432 e. The van der Waals surface area contributed by atoms with Crippen LogP contribution in [-0.2, 0) is 0 Å². The first-order chi connectivity index (χ1) is 14.0. The molecule has 1 heterocycles. The molecule has 0 radical (unpaired) electrons. The molecule has 0 unspecified atom stereocenters. The SMILES string of the molecule is CCP(CC)c1c(-c2ccc(C)cc2)sc(-c2ccc(C)cc2)c1P(CC)CC. The Morgan fingerprint density at radius 3 is 1.14 bits per heavy atom. The third kappa shape index (κ3) is 4.85. The summed E-state index contributed by atoms with van der Waals surface area (Å²) in [6.45, 7) is 13.9. The van der Waals surface area contributed by atoms with Crippen molar-refractivity contribution in [2.75, 3.05) is 24.6 Å². The molecule has 154 valence electrons. The normalized spacial score (nSPS) is 11.6. The van der Waals surface area contributed by atoms with Gasteiger partial charge in [0.1, 0.15) is 0 Å². The van der Waals surface area contributed by atoms with Crippen LogP contribution in [0.15, 0.2) is 48.5 Å². The Bertz CT molecular complexity index is 839. The predicted molar refractivity (Wildman–Crippen MR) is 140 cm³/mol. The summed E-state index contributed by atoms with van der Waals surface area (Å²) in [5.41, 5.74) is 5.49. The maximum absolute atomic E-state index is 2.39. The van der Waals surface area contributed by atoms with E-state index in [1.54, 1.807) is 20.4 Å². The van der Waals surface area contributed by atoms with Gasteiger partial charge in [-0.2, -0.15) is 0 Å². The molecule has 0 aliphatic rings. The second-order valence-corrected chi connectivity index (χ2v) is 14.1. The van der Waals surface area contributed by atoms with Gasteiger partial charge in [0.05, 0.1) is 0 Å². The fourth-order valence-electron chi connectivity index (χ4n) is 3.88. The Labute approximate surface area is 184 Å². The minimum absolute atomic E-state index is 0.117. The largest absolute Gasteiger partial charge is 0.134 e. The van der Waals surface area contributed by atoms with Crippen LogP contribution in [0.3, 0.4) is 0 Å². The highest BCUT2D eigenvalue weighted by molar-refractivity contribution is 7.73. The number of benzene rings is 2. The van der Waals surface area contributed by atoms with Gasteiger partial charge in [0, 0.05) is 20.4 Å². The fraction of sp³-hybridized carbons (Fsp3) is 0.385. The number of hydrogen-bond acceptors (Lipinski definition) is 1. The number of thiophene rings is 1. The molecule has 0 saturated carbocycles. The van der Waals surface area contributed by atoms with Crippen molar-refractivity contribution in [2.45, 2.75) is 41.5 Å². The Balaban J connectivity index is 2.33. The molecule has 0 bridgehead atoms. The van der Waals surface area contributed by atoms with Crippen LogP contribution in [0.4, 0.5) is 0 Å². The molecule has 2 aromatic carbocycles. The van der Waals surface area contributed by atoms with E-state index in [1.807, 2.05) is 0 Å². The first-order valence-corrected chi connectivity index (χ1v) is 15.1. The maximum Gasteiger partial charge on any atom is 0.0432 e. The highest BCUT2D eigenvalue weighted by Crippen LogP contribution is 2.49. The van der Waals surface area contributed by atoms with Crippen molar-refractivity contribution < 1.29 is 0 Å². The molecule has 29 heavy (non-hydrogen) atoms. The van der Waals surface area contributed by atoms with Crippen molar-refractivity contribution in [2.24, 2.45) is 0 Å². The monoisotopic (exact) mass is 440 g/mol. The summed E-state index contributed by atoms with van der Waals surface area (Å²) in [6.07, 6.45) is 5.10. The summed E-state index contributed by atoms with van der Waals surface area (Å²) >= 11 is 2.05. The number of rotatable bonds is 8. The average molecular weight is 441 g/mol. The topological polar surface area (TPSA) is 0 Å². The van der Waals surface area contributed by atoms with E-state index < -0.39 is 0 Å². The molecule has 0 fully saturated rings. The van der Waals surface area contributed by atoms with Crippen LogP contribution in [0, 0.1) is 13.8 Å². The average Bonchev–Trinajstić information content (AvgIpc) is 3.11. The van der Waals surface area contributed by atoms with E-state index in [-0.39, 0.29) is 15.8 Å². The fourth-order valence-corrected chi connectivity index (χ4v) is 10.9. The van der Waals surface area contributed by atoms with Crippen molar-refractivity contribution >= 4 is 37.8 Å². The van der Waals surface area contributed by atoms with Crippen molar-refractivity contribution in [1.82, 2.24) is 0 Å². The molecule has 3 rings (SSSR count). The minimum Gasteiger partial charge on any atom is -0.134 e. The molecule has 3 heteroatoms. The molecular formula is C26H34P2S. The van der Waals surface area contributed by atoms with Crippen molar-refractivity contribution in [3.8, 4) is 20.9 Å². The molecular weight excluding hydrogens is 406 g/mol.